The first-order valence-electron chi connectivity index (χ1n) is 10.3. The lowest BCUT2D eigenvalue weighted by atomic mass is 9.84. The highest BCUT2D eigenvalue weighted by molar-refractivity contribution is 8.00. The SMILES string of the molecule is CC(=C[C@H](C(C)C)N(C)C(=O)[C@@H](NC(=O)[C@@H]1N(C)CSC1(C)C)C(C)(C)C)C(=O)O. The second-order valence-electron chi connectivity index (χ2n) is 10.2. The average molecular weight is 442 g/mol. The summed E-state index contributed by atoms with van der Waals surface area (Å²) in [6.45, 7) is 15.3. The molecular weight excluding hydrogens is 402 g/mol. The summed E-state index contributed by atoms with van der Waals surface area (Å²) in [5.74, 6) is -0.622. The number of carbonyl (C=O) groups excluding carboxylic acids is 2. The summed E-state index contributed by atoms with van der Waals surface area (Å²) in [5, 5.41) is 12.3. The predicted octanol–water partition coefficient (Wildman–Crippen LogP) is 2.81. The average Bonchev–Trinajstić information content (AvgIpc) is 2.87. The Morgan fingerprint density at radius 1 is 1.27 bits per heavy atom. The van der Waals surface area contributed by atoms with E-state index in [-0.39, 0.29) is 34.1 Å². The van der Waals surface area contributed by atoms with E-state index in [0.29, 0.717) is 0 Å². The first-order valence-corrected chi connectivity index (χ1v) is 11.3. The molecule has 7 nitrogen and oxygen atoms in total. The minimum absolute atomic E-state index is 0.0147. The molecule has 30 heavy (non-hydrogen) atoms. The number of nitrogens with zero attached hydrogens (tertiary/aromatic N) is 2. The summed E-state index contributed by atoms with van der Waals surface area (Å²) < 4.78 is -0.252. The lowest BCUT2D eigenvalue weighted by Crippen LogP contribution is -2.60. The molecule has 1 rings (SSSR count). The third-order valence-electron chi connectivity index (χ3n) is 5.62. The van der Waals surface area contributed by atoms with Gasteiger partial charge < -0.3 is 15.3 Å². The molecule has 0 bridgehead atoms. The van der Waals surface area contributed by atoms with Crippen molar-refractivity contribution in [3.05, 3.63) is 11.6 Å². The van der Waals surface area contributed by atoms with Crippen LogP contribution in [-0.4, -0.2) is 75.5 Å². The second-order valence-corrected chi connectivity index (χ2v) is 11.8. The van der Waals surface area contributed by atoms with Crippen LogP contribution < -0.4 is 5.32 Å². The Morgan fingerprint density at radius 3 is 2.17 bits per heavy atom. The first kappa shape index (κ1) is 26.5. The van der Waals surface area contributed by atoms with Gasteiger partial charge in [-0.05, 0) is 39.2 Å². The third-order valence-corrected chi connectivity index (χ3v) is 7.13. The van der Waals surface area contributed by atoms with Crippen molar-refractivity contribution in [2.45, 2.75) is 78.3 Å². The molecule has 1 heterocycles. The smallest absolute Gasteiger partial charge is 0.331 e. The monoisotopic (exact) mass is 441 g/mol. The maximum absolute atomic E-state index is 13.5. The van der Waals surface area contributed by atoms with E-state index in [4.69, 9.17) is 0 Å². The van der Waals surface area contributed by atoms with E-state index in [9.17, 15) is 19.5 Å². The van der Waals surface area contributed by atoms with E-state index in [1.165, 1.54) is 6.92 Å². The molecule has 1 fully saturated rings. The zero-order chi connectivity index (χ0) is 23.6. The van der Waals surface area contributed by atoms with Crippen LogP contribution in [0.5, 0.6) is 0 Å². The van der Waals surface area contributed by atoms with Gasteiger partial charge in [-0.3, -0.25) is 14.5 Å². The minimum Gasteiger partial charge on any atom is -0.478 e. The third kappa shape index (κ3) is 6.23. The van der Waals surface area contributed by atoms with Crippen LogP contribution in [0.25, 0.3) is 0 Å². The molecule has 1 saturated heterocycles. The molecule has 8 heteroatoms. The van der Waals surface area contributed by atoms with Crippen LogP contribution in [0.3, 0.4) is 0 Å². The van der Waals surface area contributed by atoms with Gasteiger partial charge in [0, 0.05) is 23.2 Å². The van der Waals surface area contributed by atoms with Crippen LogP contribution in [-0.2, 0) is 14.4 Å². The number of rotatable bonds is 7. The predicted molar refractivity (Wildman–Crippen MR) is 122 cm³/mol. The number of hydrogen-bond donors (Lipinski definition) is 2. The standard InChI is InChI=1S/C22H39N3O4S/c1-13(2)15(11-14(3)20(28)29)25(10)19(27)16(21(4,5)6)23-18(26)17-22(7,8)30-12-24(17)9/h11,13,15-17H,12H2,1-10H3,(H,23,26)(H,28,29)/t15-,16-,17+/m1/s1. The maximum Gasteiger partial charge on any atom is 0.331 e. The summed E-state index contributed by atoms with van der Waals surface area (Å²) in [5.41, 5.74) is -0.321. The van der Waals surface area contributed by atoms with Crippen molar-refractivity contribution in [1.82, 2.24) is 15.1 Å². The fourth-order valence-corrected chi connectivity index (χ4v) is 4.90. The second kappa shape index (κ2) is 9.73. The number of carbonyl (C=O) groups is 3. The summed E-state index contributed by atoms with van der Waals surface area (Å²) in [6, 6.07) is -1.46. The van der Waals surface area contributed by atoms with Crippen molar-refractivity contribution in [2.24, 2.45) is 11.3 Å². The number of likely N-dealkylation sites (N-methyl/N-ethyl adjacent to an activating group) is 2. The lowest BCUT2D eigenvalue weighted by Gasteiger charge is -2.39. The summed E-state index contributed by atoms with van der Waals surface area (Å²) in [7, 11) is 3.59. The van der Waals surface area contributed by atoms with Crippen molar-refractivity contribution in [3.8, 4) is 0 Å². The van der Waals surface area contributed by atoms with Gasteiger partial charge in [-0.2, -0.15) is 0 Å². The molecule has 0 aromatic carbocycles. The van der Waals surface area contributed by atoms with E-state index in [1.54, 1.807) is 29.8 Å². The molecule has 1 aliphatic heterocycles. The van der Waals surface area contributed by atoms with Gasteiger partial charge in [-0.15, -0.1) is 11.8 Å². The van der Waals surface area contributed by atoms with Crippen molar-refractivity contribution >= 4 is 29.5 Å². The topological polar surface area (TPSA) is 90.0 Å². The Labute approximate surface area is 185 Å². The Kier molecular flexibility index (Phi) is 8.59. The molecule has 0 aromatic heterocycles. The van der Waals surface area contributed by atoms with Crippen molar-refractivity contribution < 1.29 is 19.5 Å². The van der Waals surface area contributed by atoms with Crippen molar-refractivity contribution in [2.75, 3.05) is 20.0 Å². The Bertz CT molecular complexity index is 697. The number of hydrogen-bond acceptors (Lipinski definition) is 5. The molecule has 0 aromatic rings. The van der Waals surface area contributed by atoms with Crippen LogP contribution in [0.4, 0.5) is 0 Å². The first-order chi connectivity index (χ1) is 13.5. The molecule has 2 N–H and O–H groups in total. The van der Waals surface area contributed by atoms with Crippen LogP contribution in [0.15, 0.2) is 11.6 Å². The number of carboxylic acid groups (broad SMARTS) is 1. The normalized spacial score (nSPS) is 22.0. The van der Waals surface area contributed by atoms with Crippen molar-refractivity contribution in [3.63, 3.8) is 0 Å². The van der Waals surface area contributed by atoms with Crippen LogP contribution in [0, 0.1) is 11.3 Å². The minimum atomic E-state index is -1.01. The van der Waals surface area contributed by atoms with E-state index < -0.39 is 23.5 Å². The molecule has 172 valence electrons. The van der Waals surface area contributed by atoms with E-state index >= 15 is 0 Å². The van der Waals surface area contributed by atoms with E-state index in [2.05, 4.69) is 5.32 Å². The van der Waals surface area contributed by atoms with Gasteiger partial charge in [0.1, 0.15) is 12.1 Å². The highest BCUT2D eigenvalue weighted by atomic mass is 32.2. The summed E-state index contributed by atoms with van der Waals surface area (Å²) >= 11 is 1.72. The largest absolute Gasteiger partial charge is 0.478 e. The summed E-state index contributed by atoms with van der Waals surface area (Å²) in [6.07, 6.45) is 1.61. The van der Waals surface area contributed by atoms with Gasteiger partial charge in [0.25, 0.3) is 0 Å². The molecule has 0 spiro atoms. The number of carboxylic acids is 1. The van der Waals surface area contributed by atoms with Crippen LogP contribution in [0.1, 0.15) is 55.4 Å². The molecular formula is C22H39N3O4S. The zero-order valence-corrected chi connectivity index (χ0v) is 20.9. The molecule has 0 radical (unpaired) electrons. The van der Waals surface area contributed by atoms with Gasteiger partial charge in [-0.1, -0.05) is 40.7 Å². The van der Waals surface area contributed by atoms with Crippen LogP contribution >= 0.6 is 11.8 Å². The quantitative estimate of drug-likeness (QED) is 0.591. The van der Waals surface area contributed by atoms with Gasteiger partial charge in [-0.25, -0.2) is 4.79 Å². The number of nitrogens with one attached hydrogen (secondary N) is 1. The molecule has 0 unspecified atom stereocenters. The number of aliphatic carboxylic acids is 1. The zero-order valence-electron chi connectivity index (χ0n) is 20.1. The fourth-order valence-electron chi connectivity index (χ4n) is 3.77. The highest BCUT2D eigenvalue weighted by Crippen LogP contribution is 2.38. The van der Waals surface area contributed by atoms with Crippen LogP contribution in [0.2, 0.25) is 0 Å². The van der Waals surface area contributed by atoms with E-state index in [0.717, 1.165) is 5.88 Å². The molecule has 0 saturated carbocycles. The maximum atomic E-state index is 13.5. The fraction of sp³-hybridized carbons (Fsp3) is 0.773. The van der Waals surface area contributed by atoms with Gasteiger partial charge in [0.15, 0.2) is 0 Å². The van der Waals surface area contributed by atoms with Gasteiger partial charge in [0.2, 0.25) is 11.8 Å². The van der Waals surface area contributed by atoms with Gasteiger partial charge in [0.05, 0.1) is 6.04 Å². The Balaban J connectivity index is 3.19. The highest BCUT2D eigenvalue weighted by Gasteiger charge is 2.46. The lowest BCUT2D eigenvalue weighted by molar-refractivity contribution is -0.141. The van der Waals surface area contributed by atoms with Gasteiger partial charge >= 0.3 is 5.97 Å². The number of thioether (sulfide) groups is 1. The Morgan fingerprint density at radius 2 is 1.80 bits per heavy atom. The molecule has 3 atom stereocenters. The van der Waals surface area contributed by atoms with E-state index in [1.807, 2.05) is 60.4 Å². The Hall–Kier alpha value is -1.54. The molecule has 1 aliphatic rings. The molecule has 0 aliphatic carbocycles. The summed E-state index contributed by atoms with van der Waals surface area (Å²) in [4.78, 5) is 41.6. The van der Waals surface area contributed by atoms with Crippen molar-refractivity contribution in [1.29, 1.82) is 0 Å². The number of amides is 2. The molecule has 2 amide bonds.